The van der Waals surface area contributed by atoms with Gasteiger partial charge in [-0.25, -0.2) is 0 Å². The SMILES string of the molecule is Cc1nn(C)c(Cl)c1CNCC(C)CC(C)O. The maximum absolute atomic E-state index is 9.27. The molecular formula is C12H22ClN3O. The average Bonchev–Trinajstić information content (AvgIpc) is 2.43. The van der Waals surface area contributed by atoms with E-state index in [1.807, 2.05) is 20.9 Å². The summed E-state index contributed by atoms with van der Waals surface area (Å²) in [6.07, 6.45) is 0.572. The van der Waals surface area contributed by atoms with Crippen molar-refractivity contribution in [2.24, 2.45) is 13.0 Å². The van der Waals surface area contributed by atoms with Gasteiger partial charge in [0.2, 0.25) is 0 Å². The Morgan fingerprint density at radius 3 is 2.59 bits per heavy atom. The van der Waals surface area contributed by atoms with Crippen LogP contribution in [0.5, 0.6) is 0 Å². The Morgan fingerprint density at radius 2 is 2.12 bits per heavy atom. The van der Waals surface area contributed by atoms with E-state index in [2.05, 4.69) is 17.3 Å². The molecule has 2 atom stereocenters. The highest BCUT2D eigenvalue weighted by atomic mass is 35.5. The first-order valence-electron chi connectivity index (χ1n) is 5.98. The molecule has 1 aromatic rings. The standard InChI is InChI=1S/C12H22ClN3O/c1-8(5-9(2)17)6-14-7-11-10(3)15-16(4)12(11)13/h8-9,14,17H,5-7H2,1-4H3. The molecule has 2 N–H and O–H groups in total. The molecule has 0 bridgehead atoms. The minimum atomic E-state index is -0.240. The normalized spacial score (nSPS) is 14.9. The quantitative estimate of drug-likeness (QED) is 0.820. The average molecular weight is 260 g/mol. The molecule has 0 radical (unpaired) electrons. The predicted molar refractivity (Wildman–Crippen MR) is 70.1 cm³/mol. The van der Waals surface area contributed by atoms with E-state index in [0.717, 1.165) is 30.8 Å². The molecule has 0 aliphatic carbocycles. The third kappa shape index (κ3) is 4.30. The zero-order valence-corrected chi connectivity index (χ0v) is 11.8. The van der Waals surface area contributed by atoms with Gasteiger partial charge >= 0.3 is 0 Å². The summed E-state index contributed by atoms with van der Waals surface area (Å²) in [5, 5.41) is 17.6. The van der Waals surface area contributed by atoms with Gasteiger partial charge in [-0.2, -0.15) is 5.10 Å². The van der Waals surface area contributed by atoms with Crippen molar-refractivity contribution in [2.75, 3.05) is 6.54 Å². The van der Waals surface area contributed by atoms with Gasteiger partial charge in [0.05, 0.1) is 11.8 Å². The zero-order chi connectivity index (χ0) is 13.0. The van der Waals surface area contributed by atoms with Gasteiger partial charge in [-0.1, -0.05) is 18.5 Å². The van der Waals surface area contributed by atoms with Crippen molar-refractivity contribution in [3.8, 4) is 0 Å². The van der Waals surface area contributed by atoms with Gasteiger partial charge in [0, 0.05) is 19.2 Å². The molecule has 0 spiro atoms. The third-order valence-corrected chi connectivity index (χ3v) is 3.28. The highest BCUT2D eigenvalue weighted by Crippen LogP contribution is 2.18. The maximum Gasteiger partial charge on any atom is 0.131 e. The molecule has 0 amide bonds. The van der Waals surface area contributed by atoms with E-state index in [-0.39, 0.29) is 6.10 Å². The summed E-state index contributed by atoms with van der Waals surface area (Å²) in [7, 11) is 1.84. The van der Waals surface area contributed by atoms with E-state index < -0.39 is 0 Å². The smallest absolute Gasteiger partial charge is 0.131 e. The minimum absolute atomic E-state index is 0.240. The van der Waals surface area contributed by atoms with Crippen LogP contribution in [0.15, 0.2) is 0 Å². The molecular weight excluding hydrogens is 238 g/mol. The second-order valence-corrected chi connectivity index (χ2v) is 5.16. The first-order chi connectivity index (χ1) is 7.91. The maximum atomic E-state index is 9.27. The predicted octanol–water partition coefficient (Wildman–Crippen LogP) is 1.88. The molecule has 0 fully saturated rings. The number of halogens is 1. The van der Waals surface area contributed by atoms with Crippen LogP contribution in [-0.4, -0.2) is 27.5 Å². The van der Waals surface area contributed by atoms with Crippen LogP contribution in [0.1, 0.15) is 31.5 Å². The number of aliphatic hydroxyl groups is 1. The molecule has 0 aliphatic heterocycles. The van der Waals surface area contributed by atoms with Crippen LogP contribution in [0.2, 0.25) is 5.15 Å². The van der Waals surface area contributed by atoms with Crippen LogP contribution in [0.25, 0.3) is 0 Å². The monoisotopic (exact) mass is 259 g/mol. The molecule has 0 saturated heterocycles. The molecule has 1 rings (SSSR count). The van der Waals surface area contributed by atoms with Crippen molar-refractivity contribution in [1.29, 1.82) is 0 Å². The van der Waals surface area contributed by atoms with Crippen LogP contribution in [-0.2, 0) is 13.6 Å². The van der Waals surface area contributed by atoms with E-state index in [9.17, 15) is 5.11 Å². The Labute approximate surface area is 108 Å². The highest BCUT2D eigenvalue weighted by Gasteiger charge is 2.11. The van der Waals surface area contributed by atoms with Crippen LogP contribution >= 0.6 is 11.6 Å². The van der Waals surface area contributed by atoms with Gasteiger partial charge in [-0.15, -0.1) is 0 Å². The molecule has 4 nitrogen and oxygen atoms in total. The van der Waals surface area contributed by atoms with Crippen molar-refractivity contribution in [1.82, 2.24) is 15.1 Å². The Balaban J connectivity index is 2.41. The topological polar surface area (TPSA) is 50.1 Å². The lowest BCUT2D eigenvalue weighted by molar-refractivity contribution is 0.163. The van der Waals surface area contributed by atoms with E-state index in [1.54, 1.807) is 4.68 Å². The van der Waals surface area contributed by atoms with Crippen molar-refractivity contribution >= 4 is 11.6 Å². The van der Waals surface area contributed by atoms with Crippen molar-refractivity contribution in [2.45, 2.75) is 39.8 Å². The highest BCUT2D eigenvalue weighted by molar-refractivity contribution is 6.30. The van der Waals surface area contributed by atoms with Gasteiger partial charge in [-0.05, 0) is 32.7 Å². The Kier molecular flexibility index (Phi) is 5.43. The molecule has 17 heavy (non-hydrogen) atoms. The van der Waals surface area contributed by atoms with Gasteiger partial charge < -0.3 is 10.4 Å². The number of hydrogen-bond donors (Lipinski definition) is 2. The summed E-state index contributed by atoms with van der Waals surface area (Å²) in [4.78, 5) is 0. The van der Waals surface area contributed by atoms with Crippen LogP contribution in [0.3, 0.4) is 0 Å². The van der Waals surface area contributed by atoms with Gasteiger partial charge in [0.25, 0.3) is 0 Å². The molecule has 1 heterocycles. The minimum Gasteiger partial charge on any atom is -0.393 e. The number of aromatic nitrogens is 2. The van der Waals surface area contributed by atoms with Crippen molar-refractivity contribution in [3.05, 3.63) is 16.4 Å². The molecule has 0 aromatic carbocycles. The molecule has 0 aliphatic rings. The Hall–Kier alpha value is -0.580. The first-order valence-corrected chi connectivity index (χ1v) is 6.36. The summed E-state index contributed by atoms with van der Waals surface area (Å²) in [6, 6.07) is 0. The molecule has 1 aromatic heterocycles. The van der Waals surface area contributed by atoms with Crippen molar-refractivity contribution in [3.63, 3.8) is 0 Å². The lowest BCUT2D eigenvalue weighted by atomic mass is 10.0. The number of hydrogen-bond acceptors (Lipinski definition) is 3. The van der Waals surface area contributed by atoms with Crippen LogP contribution in [0.4, 0.5) is 0 Å². The summed E-state index contributed by atoms with van der Waals surface area (Å²) in [6.45, 7) is 7.50. The second kappa shape index (κ2) is 6.38. The van der Waals surface area contributed by atoms with Crippen LogP contribution < -0.4 is 5.32 Å². The first kappa shape index (κ1) is 14.5. The fourth-order valence-corrected chi connectivity index (χ4v) is 2.23. The molecule has 2 unspecified atom stereocenters. The number of aryl methyl sites for hydroxylation is 2. The Bertz CT molecular complexity index is 363. The third-order valence-electron chi connectivity index (χ3n) is 2.81. The second-order valence-electron chi connectivity index (χ2n) is 4.80. The van der Waals surface area contributed by atoms with E-state index in [1.165, 1.54) is 0 Å². The van der Waals surface area contributed by atoms with Gasteiger partial charge in [0.1, 0.15) is 5.15 Å². The van der Waals surface area contributed by atoms with Crippen LogP contribution in [0, 0.1) is 12.8 Å². The summed E-state index contributed by atoms with van der Waals surface area (Å²) < 4.78 is 1.69. The van der Waals surface area contributed by atoms with Gasteiger partial charge in [-0.3, -0.25) is 4.68 Å². The lowest BCUT2D eigenvalue weighted by Gasteiger charge is -2.14. The Morgan fingerprint density at radius 1 is 1.47 bits per heavy atom. The lowest BCUT2D eigenvalue weighted by Crippen LogP contribution is -2.23. The number of aliphatic hydroxyl groups excluding tert-OH is 1. The fourth-order valence-electron chi connectivity index (χ4n) is 1.98. The van der Waals surface area contributed by atoms with E-state index >= 15 is 0 Å². The van der Waals surface area contributed by atoms with E-state index in [0.29, 0.717) is 11.1 Å². The summed E-state index contributed by atoms with van der Waals surface area (Å²) >= 11 is 6.13. The number of rotatable bonds is 6. The summed E-state index contributed by atoms with van der Waals surface area (Å²) in [5.41, 5.74) is 2.02. The number of nitrogens with one attached hydrogen (secondary N) is 1. The van der Waals surface area contributed by atoms with Gasteiger partial charge in [0.15, 0.2) is 0 Å². The van der Waals surface area contributed by atoms with Crippen molar-refractivity contribution < 1.29 is 5.11 Å². The number of nitrogens with zero attached hydrogens (tertiary/aromatic N) is 2. The van der Waals surface area contributed by atoms with E-state index in [4.69, 9.17) is 11.6 Å². The fraction of sp³-hybridized carbons (Fsp3) is 0.750. The largest absolute Gasteiger partial charge is 0.393 e. The zero-order valence-electron chi connectivity index (χ0n) is 11.0. The molecule has 5 heteroatoms. The summed E-state index contributed by atoms with van der Waals surface area (Å²) in [5.74, 6) is 0.450. The molecule has 98 valence electrons. The molecule has 0 saturated carbocycles.